The molecule has 0 unspecified atom stereocenters. The molecule has 0 aliphatic rings. The second kappa shape index (κ2) is 6.44. The van der Waals surface area contributed by atoms with E-state index in [0.717, 1.165) is 0 Å². The number of primary amides is 1. The zero-order valence-corrected chi connectivity index (χ0v) is 9.22. The molecule has 0 aliphatic carbocycles. The lowest BCUT2D eigenvalue weighted by atomic mass is 10.1. The fourth-order valence-electron chi connectivity index (χ4n) is 0.923. The number of phosphoric acid groups is 1. The first-order valence-electron chi connectivity index (χ1n) is 4.31. The summed E-state index contributed by atoms with van der Waals surface area (Å²) in [6.45, 7) is 0.250. The Bertz CT molecular complexity index is 303. The highest BCUT2D eigenvalue weighted by molar-refractivity contribution is 7.46. The van der Waals surface area contributed by atoms with Crippen LogP contribution in [0.5, 0.6) is 0 Å². The van der Waals surface area contributed by atoms with Crippen LogP contribution in [0.3, 0.4) is 0 Å². The fourth-order valence-corrected chi connectivity index (χ4v) is 1.29. The highest BCUT2D eigenvalue weighted by Gasteiger charge is 2.28. The van der Waals surface area contributed by atoms with E-state index in [2.05, 4.69) is 4.52 Å². The summed E-state index contributed by atoms with van der Waals surface area (Å²) in [5, 5.41) is 2.00. The van der Waals surface area contributed by atoms with Crippen molar-refractivity contribution in [1.29, 1.82) is 0 Å². The van der Waals surface area contributed by atoms with Gasteiger partial charge < -0.3 is 21.3 Å². The van der Waals surface area contributed by atoms with Gasteiger partial charge in [0.2, 0.25) is 0 Å². The van der Waals surface area contributed by atoms with Gasteiger partial charge in [-0.25, -0.2) is 14.2 Å². The van der Waals surface area contributed by atoms with Crippen LogP contribution < -0.4 is 16.8 Å². The molecule has 0 radical (unpaired) electrons. The van der Waals surface area contributed by atoms with Gasteiger partial charge in [-0.2, -0.15) is 0 Å². The molecule has 94 valence electrons. The normalized spacial score (nSPS) is 12.9. The lowest BCUT2D eigenvalue weighted by Gasteiger charge is -2.15. The fraction of sp³-hybridized carbons (Fsp3) is 0.667. The number of carbonyl (C=O) groups is 2. The Kier molecular flexibility index (Phi) is 5.97. The maximum Gasteiger partial charge on any atom is 0.527 e. The maximum atomic E-state index is 11.2. The summed E-state index contributed by atoms with van der Waals surface area (Å²) in [6, 6.07) is -2.21. The molecule has 0 fully saturated rings. The first-order valence-corrected chi connectivity index (χ1v) is 5.84. The lowest BCUT2D eigenvalue weighted by molar-refractivity contribution is -0.138. The molecule has 10 heteroatoms. The zero-order chi connectivity index (χ0) is 12.8. The smallest absolute Gasteiger partial charge is 0.369 e. The molecule has 0 aromatic heterocycles. The molecule has 7 N–H and O–H groups in total. The van der Waals surface area contributed by atoms with Crippen molar-refractivity contribution in [2.75, 3.05) is 6.54 Å². The van der Waals surface area contributed by atoms with Crippen molar-refractivity contribution in [2.24, 2.45) is 11.5 Å². The summed E-state index contributed by atoms with van der Waals surface area (Å²) in [4.78, 5) is 38.5. The molecule has 0 aromatic carbocycles. The predicted molar refractivity (Wildman–Crippen MR) is 52.9 cm³/mol. The Balaban J connectivity index is 4.43. The van der Waals surface area contributed by atoms with Crippen LogP contribution in [0.2, 0.25) is 0 Å². The molecule has 0 aromatic rings. The molecule has 16 heavy (non-hydrogen) atoms. The minimum absolute atomic E-state index is 0.0816. The number of hydrogen-bond donors (Lipinski definition) is 5. The van der Waals surface area contributed by atoms with Gasteiger partial charge in [0.25, 0.3) is 0 Å². The van der Waals surface area contributed by atoms with Gasteiger partial charge in [-0.15, -0.1) is 0 Å². The van der Waals surface area contributed by atoms with Crippen molar-refractivity contribution >= 4 is 19.8 Å². The first kappa shape index (κ1) is 14.8. The minimum Gasteiger partial charge on any atom is -0.369 e. The Labute approximate surface area is 91.4 Å². The SMILES string of the molecule is NCCC[C@@H](NC(N)=O)C(=O)OP(=O)(O)O. The lowest BCUT2D eigenvalue weighted by Crippen LogP contribution is -2.44. The van der Waals surface area contributed by atoms with Crippen molar-refractivity contribution in [3.8, 4) is 0 Å². The summed E-state index contributed by atoms with van der Waals surface area (Å²) < 4.78 is 14.2. The van der Waals surface area contributed by atoms with E-state index < -0.39 is 25.9 Å². The number of nitrogens with two attached hydrogens (primary N) is 2. The van der Waals surface area contributed by atoms with Crippen molar-refractivity contribution in [3.05, 3.63) is 0 Å². The molecule has 0 saturated carbocycles. The summed E-state index contributed by atoms with van der Waals surface area (Å²) >= 11 is 0. The summed E-state index contributed by atoms with van der Waals surface area (Å²) in [6.07, 6.45) is 0.444. The van der Waals surface area contributed by atoms with Crippen LogP contribution in [0.15, 0.2) is 0 Å². The van der Waals surface area contributed by atoms with Crippen LogP contribution in [0.1, 0.15) is 12.8 Å². The van der Waals surface area contributed by atoms with Crippen molar-refractivity contribution in [1.82, 2.24) is 5.32 Å². The van der Waals surface area contributed by atoms with E-state index in [4.69, 9.17) is 21.3 Å². The third-order valence-electron chi connectivity index (χ3n) is 1.51. The van der Waals surface area contributed by atoms with Gasteiger partial charge in [0.05, 0.1) is 0 Å². The first-order chi connectivity index (χ1) is 7.26. The minimum atomic E-state index is -4.92. The molecule has 9 nitrogen and oxygen atoms in total. The number of carbonyl (C=O) groups excluding carboxylic acids is 2. The monoisotopic (exact) mass is 255 g/mol. The van der Waals surface area contributed by atoms with E-state index in [0.29, 0.717) is 6.42 Å². The van der Waals surface area contributed by atoms with Crippen molar-refractivity contribution < 1.29 is 28.5 Å². The largest absolute Gasteiger partial charge is 0.527 e. The number of hydrogen-bond acceptors (Lipinski definition) is 5. The van der Waals surface area contributed by atoms with Crippen LogP contribution in [0, 0.1) is 0 Å². The van der Waals surface area contributed by atoms with Crippen LogP contribution in [0.25, 0.3) is 0 Å². The van der Waals surface area contributed by atoms with Gasteiger partial charge in [-0.05, 0) is 19.4 Å². The second-order valence-electron chi connectivity index (χ2n) is 2.89. The van der Waals surface area contributed by atoms with Gasteiger partial charge in [-0.3, -0.25) is 9.79 Å². The summed E-state index contributed by atoms with van der Waals surface area (Å²) in [5.74, 6) is -1.25. The number of nitrogens with one attached hydrogen (secondary N) is 1. The number of phosphoric ester groups is 1. The maximum absolute atomic E-state index is 11.2. The van der Waals surface area contributed by atoms with Crippen molar-refractivity contribution in [2.45, 2.75) is 18.9 Å². The van der Waals surface area contributed by atoms with Gasteiger partial charge in [0, 0.05) is 0 Å². The number of rotatable bonds is 6. The van der Waals surface area contributed by atoms with Gasteiger partial charge in [0.1, 0.15) is 6.04 Å². The van der Waals surface area contributed by atoms with E-state index in [-0.39, 0.29) is 13.0 Å². The van der Waals surface area contributed by atoms with Gasteiger partial charge in [0.15, 0.2) is 0 Å². The third kappa shape index (κ3) is 7.18. The van der Waals surface area contributed by atoms with Crippen LogP contribution in [-0.2, 0) is 13.9 Å². The quantitative estimate of drug-likeness (QED) is 0.356. The molecule has 0 spiro atoms. The van der Waals surface area contributed by atoms with Crippen molar-refractivity contribution in [3.63, 3.8) is 0 Å². The summed E-state index contributed by atoms with van der Waals surface area (Å²) in [7, 11) is -4.92. The molecule has 0 saturated heterocycles. The van der Waals surface area contributed by atoms with E-state index in [1.807, 2.05) is 5.32 Å². The standard InChI is InChI=1S/C6H14N3O6P/c7-3-1-2-4(9-6(8)11)5(10)15-16(12,13)14/h4H,1-3,7H2,(H3,8,9,11)(H2,12,13,14)/t4-/m1/s1. The van der Waals surface area contributed by atoms with Crippen LogP contribution in [-0.4, -0.2) is 34.4 Å². The average Bonchev–Trinajstić information content (AvgIpc) is 2.08. The molecule has 0 aliphatic heterocycles. The molecule has 2 amide bonds. The molecule has 0 rings (SSSR count). The van der Waals surface area contributed by atoms with Crippen LogP contribution in [0.4, 0.5) is 4.79 Å². The Morgan fingerprint density at radius 3 is 2.38 bits per heavy atom. The Hall–Kier alpha value is -1.15. The highest BCUT2D eigenvalue weighted by Crippen LogP contribution is 2.36. The summed E-state index contributed by atoms with van der Waals surface area (Å²) in [5.41, 5.74) is 9.97. The van der Waals surface area contributed by atoms with E-state index in [1.165, 1.54) is 0 Å². The second-order valence-corrected chi connectivity index (χ2v) is 4.06. The Morgan fingerprint density at radius 2 is 2.00 bits per heavy atom. The highest BCUT2D eigenvalue weighted by atomic mass is 31.2. The average molecular weight is 255 g/mol. The zero-order valence-electron chi connectivity index (χ0n) is 8.33. The van der Waals surface area contributed by atoms with E-state index in [1.54, 1.807) is 0 Å². The van der Waals surface area contributed by atoms with Crippen LogP contribution >= 0.6 is 7.82 Å². The third-order valence-corrected chi connectivity index (χ3v) is 1.92. The number of amides is 2. The Morgan fingerprint density at radius 1 is 1.44 bits per heavy atom. The molecular weight excluding hydrogens is 241 g/mol. The van der Waals surface area contributed by atoms with E-state index in [9.17, 15) is 14.2 Å². The van der Waals surface area contributed by atoms with E-state index >= 15 is 0 Å². The predicted octanol–water partition coefficient (Wildman–Crippen LogP) is -1.60. The topological polar surface area (TPSA) is 165 Å². The molecule has 1 atom stereocenters. The van der Waals surface area contributed by atoms with Gasteiger partial charge in [-0.1, -0.05) is 0 Å². The molecular formula is C6H14N3O6P. The number of urea groups is 1. The molecule has 0 bridgehead atoms. The van der Waals surface area contributed by atoms with Gasteiger partial charge >= 0.3 is 19.8 Å². The molecule has 0 heterocycles.